The molecule has 0 aliphatic heterocycles. The molecule has 0 aromatic carbocycles. The Morgan fingerprint density at radius 3 is 0.500 bits per heavy atom. The third kappa shape index (κ3) is 10900. The van der Waals surface area contributed by atoms with Crippen molar-refractivity contribution < 1.29 is 86.7 Å². The molecule has 0 aliphatic rings. The molecule has 18 heteroatoms. The van der Waals surface area contributed by atoms with Gasteiger partial charge in [-0.25, -0.2) is 0 Å². The van der Waals surface area contributed by atoms with Gasteiger partial charge in [0.05, 0.1) is 0 Å². The molecule has 13 nitrogen and oxygen atoms in total. The molecule has 118 valence electrons. The minimum Gasteiger partial charge on any atom is -0.759 e. The van der Waals surface area contributed by atoms with E-state index in [2.05, 4.69) is 0 Å². The molecule has 4 N–H and O–H groups in total. The van der Waals surface area contributed by atoms with Gasteiger partial charge in [-0.1, -0.05) is 0 Å². The van der Waals surface area contributed by atoms with E-state index < -0.39 is 31.2 Å². The molecule has 0 saturated carbocycles. The standard InChI is InChI=1S/Cu.Fe.H3N.3H2O4S/c;;;3*1-5(2,3)4/h;;1H3;3*(H2,1,2,3,4)/q+2;+3;;;;/p-5. The summed E-state index contributed by atoms with van der Waals surface area (Å²) in [5.74, 6) is 0. The van der Waals surface area contributed by atoms with Crippen LogP contribution in [0.25, 0.3) is 0 Å². The third-order valence-electron chi connectivity index (χ3n) is 0. The van der Waals surface area contributed by atoms with Crippen LogP contribution in [0.5, 0.6) is 0 Å². The Hall–Kier alpha value is 0.609. The Morgan fingerprint density at radius 1 is 0.500 bits per heavy atom. The van der Waals surface area contributed by atoms with Crippen LogP contribution in [0, 0.1) is 0 Å². The van der Waals surface area contributed by atoms with Gasteiger partial charge in [-0.2, -0.15) is 0 Å². The summed E-state index contributed by atoms with van der Waals surface area (Å²) in [4.78, 5) is 0. The minimum atomic E-state index is -5.17. The number of hydrogen-bond donors (Lipinski definition) is 1. The molecule has 0 amide bonds. The summed E-state index contributed by atoms with van der Waals surface area (Å²) in [6.07, 6.45) is 0. The maximum atomic E-state index is 8.52. The molecular weight excluding hydrogens is 422 g/mol. The van der Waals surface area contributed by atoms with Crippen molar-refractivity contribution in [3.8, 4) is 0 Å². The van der Waals surface area contributed by atoms with Gasteiger partial charge in [0.1, 0.15) is 0 Å². The fourth-order valence-electron chi connectivity index (χ4n) is 0. The zero-order valence-electron chi connectivity index (χ0n) is 7.78. The maximum absolute atomic E-state index is 8.52. The number of rotatable bonds is 0. The van der Waals surface area contributed by atoms with Crippen LogP contribution < -0.4 is 6.15 Å². The molecule has 18 heavy (non-hydrogen) atoms. The second-order valence-electron chi connectivity index (χ2n) is 1.22. The van der Waals surface area contributed by atoms with Gasteiger partial charge in [0.2, 0.25) is 0 Å². The topological polar surface area (TPSA) is 277 Å². The van der Waals surface area contributed by atoms with Crippen molar-refractivity contribution in [2.75, 3.05) is 0 Å². The van der Waals surface area contributed by atoms with Crippen LogP contribution in [-0.2, 0) is 65.3 Å². The van der Waals surface area contributed by atoms with Gasteiger partial charge >= 0.3 is 34.1 Å². The SMILES string of the molecule is O=S(=O)([O-])[O-].O=S(=O)([O-])[O-].O=S(=O)([O-])[O-].[Cu+2].[Fe+3].[NH4+]. The first kappa shape index (κ1) is 36.3. The van der Waals surface area contributed by atoms with Gasteiger partial charge in [-0.15, -0.1) is 0 Å². The number of hydrogen-bond acceptors (Lipinski definition) is 12. The zero-order chi connectivity index (χ0) is 13.5. The van der Waals surface area contributed by atoms with E-state index in [1.807, 2.05) is 0 Å². The van der Waals surface area contributed by atoms with Gasteiger partial charge < -0.3 is 33.5 Å². The molecule has 0 aromatic rings. The van der Waals surface area contributed by atoms with Crippen LogP contribution in [0.3, 0.4) is 0 Å². The van der Waals surface area contributed by atoms with E-state index in [9.17, 15) is 0 Å². The van der Waals surface area contributed by atoms with Crippen molar-refractivity contribution in [2.24, 2.45) is 0 Å². The summed E-state index contributed by atoms with van der Waals surface area (Å²) in [5, 5.41) is 0. The summed E-state index contributed by atoms with van der Waals surface area (Å²) >= 11 is 0. The molecule has 0 spiro atoms. The fraction of sp³-hybridized carbons (Fsp3) is 0. The summed E-state index contributed by atoms with van der Waals surface area (Å²) in [6, 6.07) is 0. The number of quaternary nitrogens is 1. The van der Waals surface area contributed by atoms with Crippen LogP contribution >= 0.6 is 0 Å². The van der Waals surface area contributed by atoms with Gasteiger partial charge in [-0.3, -0.25) is 25.3 Å². The Balaban J connectivity index is -0.0000000277. The quantitative estimate of drug-likeness (QED) is 0.223. The Labute approximate surface area is 124 Å². The molecule has 2 radical (unpaired) electrons. The van der Waals surface area contributed by atoms with Crippen LogP contribution in [0.4, 0.5) is 0 Å². The van der Waals surface area contributed by atoms with E-state index >= 15 is 0 Å². The first-order valence-electron chi connectivity index (χ1n) is 2.00. The Bertz CT molecular complexity index is 348. The maximum Gasteiger partial charge on any atom is 3.00 e. The third-order valence-corrected chi connectivity index (χ3v) is 0. The monoisotopic (exact) mass is 425 g/mol. The first-order chi connectivity index (χ1) is 6.00. The smallest absolute Gasteiger partial charge is 0.759 e. The molecule has 0 bridgehead atoms. The average Bonchev–Trinajstić information content (AvgIpc) is 1.41. The Morgan fingerprint density at radius 2 is 0.500 bits per heavy atom. The van der Waals surface area contributed by atoms with Gasteiger partial charge in [-0.05, 0) is 0 Å². The van der Waals surface area contributed by atoms with Crippen LogP contribution in [0.2, 0.25) is 0 Å². The molecule has 0 aromatic heterocycles. The summed E-state index contributed by atoms with van der Waals surface area (Å²) in [5.41, 5.74) is 0. The second-order valence-corrected chi connectivity index (χ2v) is 3.67. The minimum absolute atomic E-state index is 0. The predicted molar refractivity (Wildman–Crippen MR) is 37.4 cm³/mol. The Kier molecular flexibility index (Phi) is 28.3. The zero-order valence-corrected chi connectivity index (χ0v) is 12.3. The van der Waals surface area contributed by atoms with Gasteiger partial charge in [0, 0.05) is 31.2 Å². The van der Waals surface area contributed by atoms with Crippen molar-refractivity contribution >= 4 is 31.2 Å². The molecule has 0 saturated heterocycles. The molecule has 0 aliphatic carbocycles. The molecule has 0 atom stereocenters. The van der Waals surface area contributed by atoms with E-state index in [0.29, 0.717) is 0 Å². The van der Waals surface area contributed by atoms with Gasteiger partial charge in [0.25, 0.3) is 0 Å². The van der Waals surface area contributed by atoms with Crippen molar-refractivity contribution in [1.82, 2.24) is 6.15 Å². The second kappa shape index (κ2) is 14.0. The molecular formula is H4CuFeNO12S3. The predicted octanol–water partition coefficient (Wildman–Crippen LogP) is -3.64. The first-order valence-corrected chi connectivity index (χ1v) is 6.00. The average molecular weight is 426 g/mol. The van der Waals surface area contributed by atoms with Crippen molar-refractivity contribution in [3.63, 3.8) is 0 Å². The summed E-state index contributed by atoms with van der Waals surface area (Å²) in [6.45, 7) is 0. The summed E-state index contributed by atoms with van der Waals surface area (Å²) < 4.78 is 102. The van der Waals surface area contributed by atoms with Crippen molar-refractivity contribution in [3.05, 3.63) is 0 Å². The van der Waals surface area contributed by atoms with Crippen LogP contribution in [0.1, 0.15) is 0 Å². The van der Waals surface area contributed by atoms with E-state index in [-0.39, 0.29) is 40.3 Å². The van der Waals surface area contributed by atoms with E-state index in [4.69, 9.17) is 52.6 Å². The van der Waals surface area contributed by atoms with E-state index in [1.54, 1.807) is 0 Å². The van der Waals surface area contributed by atoms with Crippen LogP contribution in [-0.4, -0.2) is 52.6 Å². The van der Waals surface area contributed by atoms with Crippen molar-refractivity contribution in [1.29, 1.82) is 0 Å². The van der Waals surface area contributed by atoms with Gasteiger partial charge in [0.15, 0.2) is 0 Å². The molecule has 0 unspecified atom stereocenters. The molecule has 0 fully saturated rings. The molecule has 0 heterocycles. The molecule has 0 rings (SSSR count). The van der Waals surface area contributed by atoms with Crippen molar-refractivity contribution in [2.45, 2.75) is 0 Å². The van der Waals surface area contributed by atoms with E-state index in [0.717, 1.165) is 0 Å². The normalized spacial score (nSPS) is 9.67. The fourth-order valence-corrected chi connectivity index (χ4v) is 0. The largest absolute Gasteiger partial charge is 3.00 e. The summed E-state index contributed by atoms with van der Waals surface area (Å²) in [7, 11) is -15.5. The van der Waals surface area contributed by atoms with E-state index in [1.165, 1.54) is 0 Å². The van der Waals surface area contributed by atoms with Crippen LogP contribution in [0.15, 0.2) is 0 Å².